The highest BCUT2D eigenvalue weighted by Crippen LogP contribution is 2.30. The average molecular weight is 487 g/mol. The molecule has 0 saturated heterocycles. The van der Waals surface area contributed by atoms with Gasteiger partial charge in [-0.15, -0.1) is 0 Å². The maximum atomic E-state index is 13.3. The molecule has 1 N–H and O–H groups in total. The lowest BCUT2D eigenvalue weighted by Gasteiger charge is -2.18. The number of amides is 1. The van der Waals surface area contributed by atoms with Crippen LogP contribution < -0.4 is 10.1 Å². The van der Waals surface area contributed by atoms with Crippen LogP contribution in [0, 0.1) is 6.92 Å². The molecule has 1 atom stereocenters. The van der Waals surface area contributed by atoms with E-state index in [0.717, 1.165) is 40.1 Å². The van der Waals surface area contributed by atoms with Gasteiger partial charge in [-0.3, -0.25) is 9.48 Å². The molecule has 2 aromatic heterocycles. The van der Waals surface area contributed by atoms with Crippen LogP contribution in [0.5, 0.6) is 5.75 Å². The Labute approximate surface area is 212 Å². The molecule has 188 valence electrons. The van der Waals surface area contributed by atoms with Gasteiger partial charge in [-0.2, -0.15) is 5.10 Å². The summed E-state index contributed by atoms with van der Waals surface area (Å²) in [7, 11) is 7.88. The number of nitrogens with one attached hydrogen (secondary N) is 1. The summed E-state index contributed by atoms with van der Waals surface area (Å²) in [6.45, 7) is 5.30. The SMILES string of the molecule is Cc1ccc(OCCN(C)C)cc1C(=O)N[C@H](C)c1cc(-c2cnn(C)c2)cc(-c2cncn2C)c1. The Bertz CT molecular complexity index is 1350. The summed E-state index contributed by atoms with van der Waals surface area (Å²) >= 11 is 0. The Morgan fingerprint density at radius 3 is 2.53 bits per heavy atom. The van der Waals surface area contributed by atoms with E-state index in [1.165, 1.54) is 0 Å². The molecule has 0 fully saturated rings. The molecule has 0 aliphatic rings. The number of benzene rings is 2. The molecule has 8 heteroatoms. The third-order valence-electron chi connectivity index (χ3n) is 6.21. The molecule has 0 radical (unpaired) electrons. The van der Waals surface area contributed by atoms with Gasteiger partial charge in [0, 0.05) is 43.5 Å². The highest BCUT2D eigenvalue weighted by Gasteiger charge is 2.17. The van der Waals surface area contributed by atoms with E-state index in [1.807, 2.05) is 83.4 Å². The van der Waals surface area contributed by atoms with Gasteiger partial charge in [0.2, 0.25) is 0 Å². The highest BCUT2D eigenvalue weighted by atomic mass is 16.5. The number of hydrogen-bond acceptors (Lipinski definition) is 5. The molecule has 4 aromatic rings. The van der Waals surface area contributed by atoms with Crippen LogP contribution >= 0.6 is 0 Å². The molecule has 1 amide bonds. The van der Waals surface area contributed by atoms with Crippen molar-refractivity contribution in [1.82, 2.24) is 29.5 Å². The van der Waals surface area contributed by atoms with Crippen LogP contribution in [0.15, 0.2) is 61.3 Å². The lowest BCUT2D eigenvalue weighted by molar-refractivity contribution is 0.0938. The first-order chi connectivity index (χ1) is 17.2. The number of aryl methyl sites for hydroxylation is 3. The van der Waals surface area contributed by atoms with Gasteiger partial charge in [0.25, 0.3) is 5.91 Å². The van der Waals surface area contributed by atoms with Crippen LogP contribution in [0.2, 0.25) is 0 Å². The fourth-order valence-corrected chi connectivity index (χ4v) is 4.06. The fourth-order valence-electron chi connectivity index (χ4n) is 4.06. The number of likely N-dealkylation sites (N-methyl/N-ethyl adjacent to an activating group) is 1. The van der Waals surface area contributed by atoms with Crippen molar-refractivity contribution in [2.75, 3.05) is 27.2 Å². The molecular formula is C28H34N6O2. The van der Waals surface area contributed by atoms with Gasteiger partial charge in [0.1, 0.15) is 12.4 Å². The lowest BCUT2D eigenvalue weighted by atomic mass is 9.96. The number of rotatable bonds is 9. The second-order valence-electron chi connectivity index (χ2n) is 9.46. The quantitative estimate of drug-likeness (QED) is 0.383. The van der Waals surface area contributed by atoms with E-state index in [9.17, 15) is 4.79 Å². The summed E-state index contributed by atoms with van der Waals surface area (Å²) in [6, 6.07) is 11.8. The van der Waals surface area contributed by atoms with Crippen molar-refractivity contribution in [2.45, 2.75) is 19.9 Å². The zero-order chi connectivity index (χ0) is 25.8. The van der Waals surface area contributed by atoms with E-state index in [1.54, 1.807) is 11.0 Å². The number of imidazole rings is 1. The zero-order valence-corrected chi connectivity index (χ0v) is 21.8. The van der Waals surface area contributed by atoms with Crippen LogP contribution in [-0.4, -0.2) is 57.4 Å². The Hall–Kier alpha value is -3.91. The molecule has 0 spiro atoms. The van der Waals surface area contributed by atoms with Crippen molar-refractivity contribution >= 4 is 5.91 Å². The van der Waals surface area contributed by atoms with Gasteiger partial charge >= 0.3 is 0 Å². The van der Waals surface area contributed by atoms with E-state index in [2.05, 4.69) is 38.5 Å². The molecule has 0 saturated carbocycles. The maximum absolute atomic E-state index is 13.3. The van der Waals surface area contributed by atoms with Crippen molar-refractivity contribution in [1.29, 1.82) is 0 Å². The second kappa shape index (κ2) is 10.8. The number of ether oxygens (including phenoxy) is 1. The van der Waals surface area contributed by atoms with Crippen molar-refractivity contribution in [2.24, 2.45) is 14.1 Å². The average Bonchev–Trinajstić information content (AvgIpc) is 3.47. The number of hydrogen-bond donors (Lipinski definition) is 1. The van der Waals surface area contributed by atoms with E-state index in [4.69, 9.17) is 4.74 Å². The molecule has 8 nitrogen and oxygen atoms in total. The highest BCUT2D eigenvalue weighted by molar-refractivity contribution is 5.96. The molecule has 4 rings (SSSR count). The summed E-state index contributed by atoms with van der Waals surface area (Å²) < 4.78 is 9.62. The van der Waals surface area contributed by atoms with Crippen molar-refractivity contribution in [3.05, 3.63) is 78.0 Å². The van der Waals surface area contributed by atoms with Gasteiger partial charge in [-0.25, -0.2) is 4.98 Å². The molecule has 0 aliphatic heterocycles. The van der Waals surface area contributed by atoms with E-state index in [-0.39, 0.29) is 11.9 Å². The molecule has 0 unspecified atom stereocenters. The first-order valence-corrected chi connectivity index (χ1v) is 12.0. The fraction of sp³-hybridized carbons (Fsp3) is 0.321. The topological polar surface area (TPSA) is 77.2 Å². The largest absolute Gasteiger partial charge is 0.492 e. The number of nitrogens with zero attached hydrogens (tertiary/aromatic N) is 5. The monoisotopic (exact) mass is 486 g/mol. The Morgan fingerprint density at radius 2 is 1.86 bits per heavy atom. The van der Waals surface area contributed by atoms with Gasteiger partial charge < -0.3 is 19.5 Å². The molecule has 0 bridgehead atoms. The summed E-state index contributed by atoms with van der Waals surface area (Å²) in [6.07, 6.45) is 7.47. The summed E-state index contributed by atoms with van der Waals surface area (Å²) in [5.41, 5.74) is 6.58. The molecular weight excluding hydrogens is 452 g/mol. The van der Waals surface area contributed by atoms with Crippen LogP contribution in [0.25, 0.3) is 22.4 Å². The maximum Gasteiger partial charge on any atom is 0.252 e. The Morgan fingerprint density at radius 1 is 1.08 bits per heavy atom. The van der Waals surface area contributed by atoms with Crippen LogP contribution in [-0.2, 0) is 14.1 Å². The smallest absolute Gasteiger partial charge is 0.252 e. The normalized spacial score (nSPS) is 12.1. The molecule has 2 aromatic carbocycles. The van der Waals surface area contributed by atoms with E-state index < -0.39 is 0 Å². The molecule has 0 aliphatic carbocycles. The Kier molecular flexibility index (Phi) is 7.55. The second-order valence-corrected chi connectivity index (χ2v) is 9.46. The minimum atomic E-state index is -0.223. The van der Waals surface area contributed by atoms with Crippen LogP contribution in [0.1, 0.15) is 34.5 Å². The predicted octanol–water partition coefficient (Wildman–Crippen LogP) is 4.23. The van der Waals surface area contributed by atoms with Gasteiger partial charge in [-0.1, -0.05) is 6.07 Å². The third-order valence-corrected chi connectivity index (χ3v) is 6.21. The third kappa shape index (κ3) is 5.83. The minimum Gasteiger partial charge on any atom is -0.492 e. The van der Waals surface area contributed by atoms with Gasteiger partial charge in [-0.05, 0) is 75.0 Å². The zero-order valence-electron chi connectivity index (χ0n) is 21.8. The number of carbonyl (C=O) groups excluding carboxylic acids is 1. The Balaban J connectivity index is 1.60. The van der Waals surface area contributed by atoms with Crippen molar-refractivity contribution in [3.8, 4) is 28.1 Å². The number of carbonyl (C=O) groups is 1. The standard InChI is InChI=1S/C28H34N6O2/c1-19-7-8-25(36-10-9-32(3)4)14-26(19)28(35)31-20(2)21-11-22(24-15-30-34(6)17-24)13-23(12-21)27-16-29-18-33(27)5/h7-8,11-18,20H,9-10H2,1-6H3,(H,31,35)/t20-/m1/s1. The van der Waals surface area contributed by atoms with Crippen molar-refractivity contribution in [3.63, 3.8) is 0 Å². The lowest BCUT2D eigenvalue weighted by Crippen LogP contribution is -2.27. The number of aromatic nitrogens is 4. The minimum absolute atomic E-state index is 0.132. The van der Waals surface area contributed by atoms with Crippen LogP contribution in [0.3, 0.4) is 0 Å². The summed E-state index contributed by atoms with van der Waals surface area (Å²) in [5.74, 6) is 0.559. The molecule has 36 heavy (non-hydrogen) atoms. The predicted molar refractivity (Wildman–Crippen MR) is 142 cm³/mol. The van der Waals surface area contributed by atoms with Crippen LogP contribution in [0.4, 0.5) is 0 Å². The van der Waals surface area contributed by atoms with E-state index >= 15 is 0 Å². The van der Waals surface area contributed by atoms with Gasteiger partial charge in [0.15, 0.2) is 0 Å². The van der Waals surface area contributed by atoms with E-state index in [0.29, 0.717) is 17.9 Å². The summed E-state index contributed by atoms with van der Waals surface area (Å²) in [4.78, 5) is 19.6. The molecule has 2 heterocycles. The first kappa shape index (κ1) is 25.2. The first-order valence-electron chi connectivity index (χ1n) is 12.0. The van der Waals surface area contributed by atoms with Gasteiger partial charge in [0.05, 0.1) is 30.5 Å². The van der Waals surface area contributed by atoms with Crippen molar-refractivity contribution < 1.29 is 9.53 Å². The summed E-state index contributed by atoms with van der Waals surface area (Å²) in [5, 5.41) is 7.51.